The van der Waals surface area contributed by atoms with Crippen LogP contribution in [0.5, 0.6) is 0 Å². The highest BCUT2D eigenvalue weighted by molar-refractivity contribution is 9.10. The number of hydrogen-bond acceptors (Lipinski definition) is 2. The van der Waals surface area contributed by atoms with Crippen LogP contribution in [0.1, 0.15) is 32.1 Å². The molecule has 1 heterocycles. The van der Waals surface area contributed by atoms with Crippen LogP contribution in [0.15, 0.2) is 15.9 Å². The molecular formula is C12H20BrNS. The predicted molar refractivity (Wildman–Crippen MR) is 72.6 cm³/mol. The summed E-state index contributed by atoms with van der Waals surface area (Å²) >= 11 is 5.35. The van der Waals surface area contributed by atoms with Crippen LogP contribution in [-0.2, 0) is 6.42 Å². The second-order valence-corrected chi connectivity index (χ2v) is 6.18. The lowest BCUT2D eigenvalue weighted by molar-refractivity contribution is 0.438. The Morgan fingerprint density at radius 3 is 2.67 bits per heavy atom. The van der Waals surface area contributed by atoms with Crippen LogP contribution in [0, 0.1) is 5.92 Å². The van der Waals surface area contributed by atoms with E-state index in [2.05, 4.69) is 53.5 Å². The zero-order valence-corrected chi connectivity index (χ0v) is 12.1. The van der Waals surface area contributed by atoms with Gasteiger partial charge in [-0.1, -0.05) is 27.2 Å². The average Bonchev–Trinajstić information content (AvgIpc) is 2.58. The lowest BCUT2D eigenvalue weighted by Crippen LogP contribution is -2.29. The van der Waals surface area contributed by atoms with Crippen molar-refractivity contribution in [2.24, 2.45) is 5.92 Å². The fourth-order valence-corrected chi connectivity index (χ4v) is 3.08. The van der Waals surface area contributed by atoms with Gasteiger partial charge >= 0.3 is 0 Å². The first-order valence-corrected chi connectivity index (χ1v) is 7.25. The summed E-state index contributed by atoms with van der Waals surface area (Å²) in [5.41, 5.74) is 0. The lowest BCUT2D eigenvalue weighted by atomic mass is 10.0. The van der Waals surface area contributed by atoms with Gasteiger partial charge in [0.25, 0.3) is 0 Å². The molecule has 3 heteroatoms. The molecule has 86 valence electrons. The van der Waals surface area contributed by atoms with E-state index in [1.807, 2.05) is 11.3 Å². The molecule has 1 atom stereocenters. The van der Waals surface area contributed by atoms with Crippen molar-refractivity contribution in [3.8, 4) is 0 Å². The molecule has 0 saturated heterocycles. The molecule has 0 bridgehead atoms. The largest absolute Gasteiger partial charge is 0.314 e. The number of hydrogen-bond donors (Lipinski definition) is 1. The van der Waals surface area contributed by atoms with Crippen molar-refractivity contribution in [2.75, 3.05) is 6.54 Å². The van der Waals surface area contributed by atoms with Gasteiger partial charge in [0.2, 0.25) is 0 Å². The molecule has 0 spiro atoms. The highest BCUT2D eigenvalue weighted by atomic mass is 79.9. The van der Waals surface area contributed by atoms with Crippen molar-refractivity contribution in [2.45, 2.75) is 39.7 Å². The molecule has 0 aromatic carbocycles. The van der Waals surface area contributed by atoms with Crippen molar-refractivity contribution in [3.05, 3.63) is 20.8 Å². The fraction of sp³-hybridized carbons (Fsp3) is 0.667. The Labute approximate surface area is 105 Å². The normalized spacial score (nSPS) is 13.4. The molecule has 1 unspecified atom stereocenters. The van der Waals surface area contributed by atoms with Crippen LogP contribution >= 0.6 is 27.3 Å². The third-order valence-electron chi connectivity index (χ3n) is 2.50. The minimum atomic E-state index is 0.592. The maximum absolute atomic E-state index is 3.52. The molecule has 1 rings (SSSR count). The molecule has 15 heavy (non-hydrogen) atoms. The Morgan fingerprint density at radius 2 is 2.20 bits per heavy atom. The second kappa shape index (κ2) is 6.66. The topological polar surface area (TPSA) is 12.0 Å². The van der Waals surface area contributed by atoms with Gasteiger partial charge in [0.1, 0.15) is 0 Å². The summed E-state index contributed by atoms with van der Waals surface area (Å²) in [4.78, 5) is 1.49. The molecular weight excluding hydrogens is 270 g/mol. The number of nitrogens with one attached hydrogen (secondary N) is 1. The number of halogens is 1. The standard InChI is InChI=1S/C12H20BrNS/c1-4-10(7-14-9(2)3)5-12-6-11(13)8-15-12/h6,8-10,14H,4-5,7H2,1-3H3. The summed E-state index contributed by atoms with van der Waals surface area (Å²) in [6.45, 7) is 7.81. The SMILES string of the molecule is CCC(CNC(C)C)Cc1cc(Br)cs1. The zero-order valence-electron chi connectivity index (χ0n) is 9.72. The molecule has 1 N–H and O–H groups in total. The zero-order chi connectivity index (χ0) is 11.3. The van der Waals surface area contributed by atoms with E-state index in [0.717, 1.165) is 12.5 Å². The van der Waals surface area contributed by atoms with E-state index in [0.29, 0.717) is 6.04 Å². The van der Waals surface area contributed by atoms with Gasteiger partial charge in [-0.3, -0.25) is 0 Å². The van der Waals surface area contributed by atoms with Crippen LogP contribution in [0.4, 0.5) is 0 Å². The van der Waals surface area contributed by atoms with Crippen LogP contribution in [0.2, 0.25) is 0 Å². The van der Waals surface area contributed by atoms with E-state index >= 15 is 0 Å². The highest BCUT2D eigenvalue weighted by Gasteiger charge is 2.09. The van der Waals surface area contributed by atoms with Crippen molar-refractivity contribution < 1.29 is 0 Å². The van der Waals surface area contributed by atoms with Crippen molar-refractivity contribution in [3.63, 3.8) is 0 Å². The van der Waals surface area contributed by atoms with Crippen LogP contribution in [-0.4, -0.2) is 12.6 Å². The smallest absolute Gasteiger partial charge is 0.0285 e. The molecule has 1 aromatic rings. The fourth-order valence-electron chi connectivity index (χ4n) is 1.51. The quantitative estimate of drug-likeness (QED) is 0.832. The number of rotatable bonds is 6. The first kappa shape index (κ1) is 13.2. The van der Waals surface area contributed by atoms with Gasteiger partial charge in [0.15, 0.2) is 0 Å². The lowest BCUT2D eigenvalue weighted by Gasteiger charge is -2.16. The molecule has 0 amide bonds. The molecule has 1 aromatic heterocycles. The first-order valence-electron chi connectivity index (χ1n) is 5.58. The average molecular weight is 290 g/mol. The molecule has 0 fully saturated rings. The van der Waals surface area contributed by atoms with E-state index in [-0.39, 0.29) is 0 Å². The Hall–Kier alpha value is 0.140. The van der Waals surface area contributed by atoms with Crippen molar-refractivity contribution in [1.82, 2.24) is 5.32 Å². The van der Waals surface area contributed by atoms with Gasteiger partial charge < -0.3 is 5.32 Å². The molecule has 0 aliphatic rings. The summed E-state index contributed by atoms with van der Waals surface area (Å²) in [6.07, 6.45) is 2.45. The van der Waals surface area contributed by atoms with E-state index in [4.69, 9.17) is 0 Å². The van der Waals surface area contributed by atoms with Gasteiger partial charge in [-0.05, 0) is 40.9 Å². The number of thiophene rings is 1. The second-order valence-electron chi connectivity index (χ2n) is 4.27. The highest BCUT2D eigenvalue weighted by Crippen LogP contribution is 2.23. The van der Waals surface area contributed by atoms with Gasteiger partial charge in [-0.25, -0.2) is 0 Å². The summed E-state index contributed by atoms with van der Waals surface area (Å²) in [5.74, 6) is 0.762. The van der Waals surface area contributed by atoms with Gasteiger partial charge in [0, 0.05) is 20.8 Å². The maximum Gasteiger partial charge on any atom is 0.0285 e. The minimum Gasteiger partial charge on any atom is -0.314 e. The van der Waals surface area contributed by atoms with Crippen LogP contribution in [0.25, 0.3) is 0 Å². The van der Waals surface area contributed by atoms with Crippen molar-refractivity contribution >= 4 is 27.3 Å². The molecule has 1 nitrogen and oxygen atoms in total. The van der Waals surface area contributed by atoms with E-state index in [9.17, 15) is 0 Å². The van der Waals surface area contributed by atoms with Crippen LogP contribution < -0.4 is 5.32 Å². The van der Waals surface area contributed by atoms with Crippen molar-refractivity contribution in [1.29, 1.82) is 0 Å². The van der Waals surface area contributed by atoms with Gasteiger partial charge in [-0.2, -0.15) is 0 Å². The van der Waals surface area contributed by atoms with Gasteiger partial charge in [-0.15, -0.1) is 11.3 Å². The Balaban J connectivity index is 2.39. The first-order chi connectivity index (χ1) is 7.11. The third-order valence-corrected chi connectivity index (χ3v) is 4.22. The monoisotopic (exact) mass is 289 g/mol. The van der Waals surface area contributed by atoms with Crippen LogP contribution in [0.3, 0.4) is 0 Å². The van der Waals surface area contributed by atoms with E-state index in [1.165, 1.54) is 22.2 Å². The Morgan fingerprint density at radius 1 is 1.47 bits per heavy atom. The maximum atomic E-state index is 3.52. The van der Waals surface area contributed by atoms with E-state index in [1.54, 1.807) is 0 Å². The molecule has 0 aliphatic heterocycles. The van der Waals surface area contributed by atoms with E-state index < -0.39 is 0 Å². The van der Waals surface area contributed by atoms with Gasteiger partial charge in [0.05, 0.1) is 0 Å². The summed E-state index contributed by atoms with van der Waals surface area (Å²) in [6, 6.07) is 2.83. The molecule has 0 aliphatic carbocycles. The summed E-state index contributed by atoms with van der Waals surface area (Å²) < 4.78 is 1.22. The summed E-state index contributed by atoms with van der Waals surface area (Å²) in [7, 11) is 0. The minimum absolute atomic E-state index is 0.592. The Bertz CT molecular complexity index is 283. The predicted octanol–water partition coefficient (Wildman–Crippen LogP) is 4.08. The Kier molecular flexibility index (Phi) is 5.87. The molecule has 0 radical (unpaired) electrons. The summed E-state index contributed by atoms with van der Waals surface area (Å²) in [5, 5.41) is 5.68. The third kappa shape index (κ3) is 5.14. The molecule has 0 saturated carbocycles.